The summed E-state index contributed by atoms with van der Waals surface area (Å²) in [5.74, 6) is 0.337. The van der Waals surface area contributed by atoms with Crippen molar-refractivity contribution in [3.8, 4) is 0 Å². The van der Waals surface area contributed by atoms with Gasteiger partial charge in [-0.05, 0) is 62.5 Å². The minimum atomic E-state index is -0.486. The van der Waals surface area contributed by atoms with Crippen molar-refractivity contribution < 1.29 is 10.0 Å². The predicted octanol–water partition coefficient (Wildman–Crippen LogP) is 1.96. The Labute approximate surface area is 154 Å². The van der Waals surface area contributed by atoms with Gasteiger partial charge >= 0.3 is 0 Å². The summed E-state index contributed by atoms with van der Waals surface area (Å²) < 4.78 is 0. The van der Waals surface area contributed by atoms with Crippen molar-refractivity contribution in [2.45, 2.75) is 69.6 Å². The molecule has 6 heteroatoms. The van der Waals surface area contributed by atoms with E-state index in [1.54, 1.807) is 11.7 Å². The van der Waals surface area contributed by atoms with Crippen molar-refractivity contribution in [2.24, 2.45) is 5.92 Å². The van der Waals surface area contributed by atoms with Gasteiger partial charge in [-0.15, -0.1) is 0 Å². The van der Waals surface area contributed by atoms with Crippen molar-refractivity contribution in [1.82, 2.24) is 20.3 Å². The van der Waals surface area contributed by atoms with E-state index in [9.17, 15) is 4.79 Å². The molecule has 1 amide bonds. The predicted molar refractivity (Wildman–Crippen MR) is 96.9 cm³/mol. The third-order valence-electron chi connectivity index (χ3n) is 6.87. The Kier molecular flexibility index (Phi) is 4.22. The molecule has 6 nitrogen and oxygen atoms in total. The van der Waals surface area contributed by atoms with Crippen LogP contribution in [0.15, 0.2) is 12.3 Å². The third-order valence-corrected chi connectivity index (χ3v) is 6.87. The molecular weight excluding hydrogens is 328 g/mol. The van der Waals surface area contributed by atoms with Crippen molar-refractivity contribution in [3.63, 3.8) is 0 Å². The van der Waals surface area contributed by atoms with Gasteiger partial charge in [-0.1, -0.05) is 0 Å². The molecule has 2 N–H and O–H groups in total. The number of hydroxylamine groups is 1. The van der Waals surface area contributed by atoms with E-state index in [0.29, 0.717) is 5.56 Å². The molecule has 0 spiro atoms. The molecule has 1 saturated carbocycles. The smallest absolute Gasteiger partial charge is 0.276 e. The zero-order valence-corrected chi connectivity index (χ0v) is 15.2. The van der Waals surface area contributed by atoms with Crippen LogP contribution in [0.3, 0.4) is 0 Å². The number of rotatable bonds is 4. The number of pyridine rings is 1. The second-order valence-corrected chi connectivity index (χ2v) is 8.66. The number of nitrogens with one attached hydrogen (secondary N) is 1. The highest BCUT2D eigenvalue weighted by Gasteiger charge is 2.46. The monoisotopic (exact) mass is 356 g/mol. The van der Waals surface area contributed by atoms with Gasteiger partial charge < -0.3 is 0 Å². The van der Waals surface area contributed by atoms with Crippen LogP contribution in [0.25, 0.3) is 0 Å². The van der Waals surface area contributed by atoms with Gasteiger partial charge in [0.1, 0.15) is 0 Å². The van der Waals surface area contributed by atoms with Crippen LogP contribution in [0, 0.1) is 5.92 Å². The number of piperidine rings is 1. The van der Waals surface area contributed by atoms with E-state index in [0.717, 1.165) is 54.8 Å². The standard InChI is InChI=1S/C20H28N4O2/c25-20(22-26)15-9-14-5-6-23(12-19(14)21-10-15)11-13-7-17-3-4-18(8-13)24(17)16-1-2-16/h9-10,13,16-18,26H,1-8,11-12H2,(H,22,25). The van der Waals surface area contributed by atoms with Gasteiger partial charge in [0.05, 0.1) is 11.3 Å². The third kappa shape index (κ3) is 3.04. The van der Waals surface area contributed by atoms with E-state index in [-0.39, 0.29) is 0 Å². The van der Waals surface area contributed by atoms with Crippen molar-refractivity contribution >= 4 is 5.91 Å². The lowest BCUT2D eigenvalue weighted by Gasteiger charge is -2.41. The fraction of sp³-hybridized carbons (Fsp3) is 0.700. The number of amides is 1. The zero-order valence-electron chi connectivity index (χ0n) is 15.2. The first-order valence-corrected chi connectivity index (χ1v) is 10.1. The summed E-state index contributed by atoms with van der Waals surface area (Å²) in [6.45, 7) is 3.11. The number of hydrogen-bond donors (Lipinski definition) is 2. The van der Waals surface area contributed by atoms with Crippen LogP contribution in [-0.4, -0.2) is 57.1 Å². The molecule has 3 aliphatic heterocycles. The van der Waals surface area contributed by atoms with E-state index in [1.165, 1.54) is 45.1 Å². The van der Waals surface area contributed by atoms with E-state index in [4.69, 9.17) is 5.21 Å². The van der Waals surface area contributed by atoms with Gasteiger partial charge in [0.2, 0.25) is 0 Å². The van der Waals surface area contributed by atoms with E-state index in [2.05, 4.69) is 14.8 Å². The first-order valence-electron chi connectivity index (χ1n) is 10.1. The molecular formula is C20H28N4O2. The van der Waals surface area contributed by atoms with Crippen LogP contribution in [0.1, 0.15) is 60.1 Å². The molecule has 4 aliphatic rings. The van der Waals surface area contributed by atoms with E-state index in [1.807, 2.05) is 6.07 Å². The number of fused-ring (bicyclic) bond motifs is 3. The van der Waals surface area contributed by atoms with Crippen LogP contribution in [0.5, 0.6) is 0 Å². The molecule has 4 heterocycles. The SMILES string of the molecule is O=C(NO)c1cnc2c(c1)CCN(CC1CC3CCC(C1)N3C1CC1)C2. The zero-order chi connectivity index (χ0) is 17.7. The first kappa shape index (κ1) is 16.7. The highest BCUT2D eigenvalue weighted by atomic mass is 16.5. The maximum Gasteiger partial charge on any atom is 0.276 e. The number of aromatic nitrogens is 1. The summed E-state index contributed by atoms with van der Waals surface area (Å²) in [6, 6.07) is 4.49. The lowest BCUT2D eigenvalue weighted by Crippen LogP contribution is -2.47. The van der Waals surface area contributed by atoms with Gasteiger partial charge in [0.15, 0.2) is 0 Å². The molecule has 26 heavy (non-hydrogen) atoms. The molecule has 1 aromatic rings. The Balaban J connectivity index is 1.21. The van der Waals surface area contributed by atoms with Crippen LogP contribution < -0.4 is 5.48 Å². The Morgan fingerprint density at radius 3 is 2.62 bits per heavy atom. The number of nitrogens with zero attached hydrogens (tertiary/aromatic N) is 3. The average molecular weight is 356 g/mol. The molecule has 2 unspecified atom stereocenters. The number of carbonyl (C=O) groups is 1. The maximum absolute atomic E-state index is 11.6. The summed E-state index contributed by atoms with van der Waals surface area (Å²) in [7, 11) is 0. The van der Waals surface area contributed by atoms with E-state index < -0.39 is 5.91 Å². The summed E-state index contributed by atoms with van der Waals surface area (Å²) in [5.41, 5.74) is 4.35. The van der Waals surface area contributed by atoms with Crippen LogP contribution >= 0.6 is 0 Å². The fourth-order valence-electron chi connectivity index (χ4n) is 5.62. The van der Waals surface area contributed by atoms with Gasteiger partial charge in [-0.2, -0.15) is 0 Å². The highest BCUT2D eigenvalue weighted by Crippen LogP contribution is 2.45. The minimum absolute atomic E-state index is 0.434. The molecule has 3 fully saturated rings. The molecule has 1 aromatic heterocycles. The summed E-state index contributed by atoms with van der Waals surface area (Å²) in [4.78, 5) is 21.5. The Morgan fingerprint density at radius 1 is 1.19 bits per heavy atom. The van der Waals surface area contributed by atoms with Gasteiger partial charge in [-0.25, -0.2) is 5.48 Å². The highest BCUT2D eigenvalue weighted by molar-refractivity contribution is 5.93. The molecule has 2 atom stereocenters. The Bertz CT molecular complexity index is 691. The largest absolute Gasteiger partial charge is 0.297 e. The van der Waals surface area contributed by atoms with Crippen LogP contribution in [0.2, 0.25) is 0 Å². The first-order chi connectivity index (χ1) is 12.7. The van der Waals surface area contributed by atoms with E-state index >= 15 is 0 Å². The quantitative estimate of drug-likeness (QED) is 0.638. The molecule has 2 saturated heterocycles. The lowest BCUT2D eigenvalue weighted by molar-refractivity contribution is 0.0704. The van der Waals surface area contributed by atoms with Gasteiger partial charge in [0, 0.05) is 44.0 Å². The number of hydrogen-bond acceptors (Lipinski definition) is 5. The molecule has 0 aromatic carbocycles. The molecule has 0 radical (unpaired) electrons. The molecule has 1 aliphatic carbocycles. The average Bonchev–Trinajstić information content (AvgIpc) is 3.46. The second kappa shape index (κ2) is 6.59. The summed E-state index contributed by atoms with van der Waals surface area (Å²) >= 11 is 0. The summed E-state index contributed by atoms with van der Waals surface area (Å²) in [6.07, 6.45) is 10.9. The van der Waals surface area contributed by atoms with Crippen molar-refractivity contribution in [1.29, 1.82) is 0 Å². The maximum atomic E-state index is 11.6. The van der Waals surface area contributed by atoms with Crippen LogP contribution in [0.4, 0.5) is 0 Å². The van der Waals surface area contributed by atoms with Gasteiger partial charge in [-0.3, -0.25) is 24.8 Å². The van der Waals surface area contributed by atoms with Gasteiger partial charge in [0.25, 0.3) is 5.91 Å². The Hall–Kier alpha value is -1.50. The van der Waals surface area contributed by atoms with Crippen molar-refractivity contribution in [2.75, 3.05) is 13.1 Å². The summed E-state index contributed by atoms with van der Waals surface area (Å²) in [5, 5.41) is 8.78. The van der Waals surface area contributed by atoms with Crippen LogP contribution in [-0.2, 0) is 13.0 Å². The van der Waals surface area contributed by atoms with Crippen molar-refractivity contribution in [3.05, 3.63) is 29.1 Å². The second-order valence-electron chi connectivity index (χ2n) is 8.66. The minimum Gasteiger partial charge on any atom is -0.297 e. The topological polar surface area (TPSA) is 68.7 Å². The lowest BCUT2D eigenvalue weighted by atomic mass is 9.89. The Morgan fingerprint density at radius 2 is 1.92 bits per heavy atom. The normalized spacial score (nSPS) is 31.7. The fourth-order valence-corrected chi connectivity index (χ4v) is 5.62. The molecule has 140 valence electrons. The molecule has 5 rings (SSSR count). The molecule has 2 bridgehead atoms. The number of carbonyl (C=O) groups excluding carboxylic acids is 1.